The van der Waals surface area contributed by atoms with E-state index in [4.69, 9.17) is 0 Å². The van der Waals surface area contributed by atoms with Crippen LogP contribution in [0.3, 0.4) is 0 Å². The van der Waals surface area contributed by atoms with Crippen LogP contribution >= 0.6 is 11.3 Å². The van der Waals surface area contributed by atoms with E-state index in [1.54, 1.807) is 0 Å². The maximum absolute atomic E-state index is 2.58. The molecule has 0 N–H and O–H groups in total. The van der Waals surface area contributed by atoms with Crippen LogP contribution in [0.25, 0.3) is 69.5 Å². The zero-order valence-electron chi connectivity index (χ0n) is 24.8. The van der Waals surface area contributed by atoms with Gasteiger partial charge in [0.15, 0.2) is 0 Å². The lowest BCUT2D eigenvalue weighted by Crippen LogP contribution is -2.30. The third-order valence-corrected chi connectivity index (χ3v) is 11.1. The van der Waals surface area contributed by atoms with Gasteiger partial charge in [0.2, 0.25) is 17.1 Å². The molecule has 0 radical (unpaired) electrons. The van der Waals surface area contributed by atoms with Gasteiger partial charge in [0.1, 0.15) is 11.6 Å². The van der Waals surface area contributed by atoms with Crippen LogP contribution in [0, 0.1) is 0 Å². The summed E-state index contributed by atoms with van der Waals surface area (Å²) < 4.78 is 10.2. The molecule has 3 nitrogen and oxygen atoms in total. The summed E-state index contributed by atoms with van der Waals surface area (Å²) in [5, 5.41) is 7.79. The minimum atomic E-state index is 0.0711. The zero-order valence-corrected chi connectivity index (χ0v) is 25.6. The van der Waals surface area contributed by atoms with Crippen LogP contribution in [0.5, 0.6) is 0 Å². The number of aromatic nitrogens is 2. The average Bonchev–Trinajstić information content (AvgIpc) is 3.76. The van der Waals surface area contributed by atoms with Gasteiger partial charge < -0.3 is 9.13 Å². The number of rotatable bonds is 2. The lowest BCUT2D eigenvalue weighted by atomic mass is 10.0. The van der Waals surface area contributed by atoms with E-state index in [1.807, 2.05) is 11.3 Å². The number of para-hydroxylation sites is 3. The molecule has 0 saturated carbocycles. The molecule has 214 valence electrons. The second kappa shape index (κ2) is 8.94. The maximum atomic E-state index is 2.58. The average molecular weight is 605 g/mol. The Bertz CT molecular complexity index is 2860. The number of benzene rings is 6. The van der Waals surface area contributed by atoms with E-state index in [9.17, 15) is 0 Å². The largest absolute Gasteiger partial charge is 0.318 e. The summed E-state index contributed by atoms with van der Waals surface area (Å²) >= 11 is 1.87. The highest BCUT2D eigenvalue weighted by molar-refractivity contribution is 7.25. The second-order valence-electron chi connectivity index (χ2n) is 12.3. The molecule has 0 saturated heterocycles. The van der Waals surface area contributed by atoms with Crippen molar-refractivity contribution in [1.82, 2.24) is 13.7 Å². The normalized spacial score (nSPS) is 15.8. The lowest BCUT2D eigenvalue weighted by molar-refractivity contribution is 0.781. The summed E-state index contributed by atoms with van der Waals surface area (Å²) in [6, 6.07) is 47.1. The molecule has 0 spiro atoms. The van der Waals surface area contributed by atoms with Crippen LogP contribution in [0.2, 0.25) is 0 Å². The topological polar surface area (TPSA) is 12.9 Å². The lowest BCUT2D eigenvalue weighted by Gasteiger charge is -2.24. The van der Waals surface area contributed by atoms with E-state index in [2.05, 4.69) is 165 Å². The van der Waals surface area contributed by atoms with Gasteiger partial charge >= 0.3 is 0 Å². The highest BCUT2D eigenvalue weighted by atomic mass is 32.1. The highest BCUT2D eigenvalue weighted by Gasteiger charge is 2.37. The van der Waals surface area contributed by atoms with Crippen LogP contribution < -0.4 is 4.58 Å². The van der Waals surface area contributed by atoms with Crippen molar-refractivity contribution in [1.29, 1.82) is 0 Å². The molecule has 11 rings (SSSR count). The molecule has 0 bridgehead atoms. The van der Waals surface area contributed by atoms with E-state index >= 15 is 0 Å². The minimum Gasteiger partial charge on any atom is -0.318 e. The van der Waals surface area contributed by atoms with Crippen molar-refractivity contribution in [2.45, 2.75) is 6.04 Å². The monoisotopic (exact) mass is 604 g/mol. The van der Waals surface area contributed by atoms with Crippen LogP contribution in [0.15, 0.2) is 152 Å². The van der Waals surface area contributed by atoms with Crippen LogP contribution in [-0.2, 0) is 0 Å². The highest BCUT2D eigenvalue weighted by Crippen LogP contribution is 2.46. The van der Waals surface area contributed by atoms with Gasteiger partial charge in [-0.2, -0.15) is 4.58 Å². The van der Waals surface area contributed by atoms with Gasteiger partial charge in [0.25, 0.3) is 0 Å². The summed E-state index contributed by atoms with van der Waals surface area (Å²) in [6.45, 7) is 0. The Kier molecular flexibility index (Phi) is 4.78. The van der Waals surface area contributed by atoms with Crippen molar-refractivity contribution >= 4 is 92.2 Å². The second-order valence-corrected chi connectivity index (χ2v) is 13.4. The van der Waals surface area contributed by atoms with Crippen molar-refractivity contribution in [2.75, 3.05) is 0 Å². The summed E-state index contributed by atoms with van der Waals surface area (Å²) in [5.74, 6) is 0. The fourth-order valence-electron chi connectivity index (χ4n) is 8.09. The van der Waals surface area contributed by atoms with Gasteiger partial charge in [-0.15, -0.1) is 11.3 Å². The van der Waals surface area contributed by atoms with Gasteiger partial charge in [-0.3, -0.25) is 0 Å². The molecule has 1 aliphatic carbocycles. The molecule has 1 aliphatic heterocycles. The van der Waals surface area contributed by atoms with Crippen LogP contribution in [0.4, 0.5) is 11.4 Å². The first-order valence-electron chi connectivity index (χ1n) is 15.8. The van der Waals surface area contributed by atoms with E-state index in [-0.39, 0.29) is 6.04 Å². The van der Waals surface area contributed by atoms with E-state index in [0.29, 0.717) is 0 Å². The quantitative estimate of drug-likeness (QED) is 0.174. The Balaban J connectivity index is 1.25. The van der Waals surface area contributed by atoms with Crippen molar-refractivity contribution in [3.05, 3.63) is 152 Å². The SMILES string of the molecule is C1=CC2=[N+](c3ccc4sc5ccccc5c4c3)c3cccc4c5cc6c7ccccc7n(-c7ccccc7)c6cc5n(c34)C2C=C1. The van der Waals surface area contributed by atoms with E-state index in [0.717, 1.165) is 0 Å². The Hall–Kier alpha value is -5.71. The van der Waals surface area contributed by atoms with Gasteiger partial charge in [-0.1, -0.05) is 85.0 Å². The Morgan fingerprint density at radius 1 is 0.543 bits per heavy atom. The minimum absolute atomic E-state index is 0.0711. The van der Waals surface area contributed by atoms with Crippen LogP contribution in [-0.4, -0.2) is 14.8 Å². The molecule has 4 heterocycles. The Morgan fingerprint density at radius 3 is 2.26 bits per heavy atom. The first-order valence-corrected chi connectivity index (χ1v) is 16.6. The molecule has 1 unspecified atom stereocenters. The summed E-state index contributed by atoms with van der Waals surface area (Å²) in [7, 11) is 0. The smallest absolute Gasteiger partial charge is 0.235 e. The number of thiophene rings is 1. The molecule has 2 aliphatic rings. The number of fused-ring (bicyclic) bond motifs is 11. The molecule has 6 aromatic carbocycles. The predicted octanol–water partition coefficient (Wildman–Crippen LogP) is 11.2. The standard InChI is InChI=1S/C42H26N3S/c1-2-11-26(12-3-1)43-34-16-6-4-13-28(34)31-24-32-30-15-10-19-37-42(30)45(39(32)25-38(31)43)36-18-8-7-17-35(36)44(37)27-21-22-41-33(23-27)29-14-5-9-20-40(29)46-41/h1-25,36H/q+1. The van der Waals surface area contributed by atoms with Crippen molar-refractivity contribution in [3.8, 4) is 5.69 Å². The zero-order chi connectivity index (χ0) is 29.9. The van der Waals surface area contributed by atoms with Gasteiger partial charge in [-0.25, -0.2) is 0 Å². The molecule has 0 fully saturated rings. The molecule has 0 amide bonds. The van der Waals surface area contributed by atoms with Gasteiger partial charge in [-0.05, 0) is 42.5 Å². The molecular formula is C42H26N3S+. The fourth-order valence-corrected chi connectivity index (χ4v) is 9.18. The summed E-state index contributed by atoms with van der Waals surface area (Å²) in [5.41, 5.74) is 9.87. The number of hydrogen-bond acceptors (Lipinski definition) is 1. The van der Waals surface area contributed by atoms with Crippen molar-refractivity contribution in [3.63, 3.8) is 0 Å². The first-order chi connectivity index (χ1) is 22.8. The van der Waals surface area contributed by atoms with E-state index < -0.39 is 0 Å². The number of hydrogen-bond donors (Lipinski definition) is 0. The van der Waals surface area contributed by atoms with Crippen molar-refractivity contribution in [2.24, 2.45) is 0 Å². The molecule has 46 heavy (non-hydrogen) atoms. The van der Waals surface area contributed by atoms with Gasteiger partial charge in [0, 0.05) is 71.7 Å². The number of allylic oxidation sites excluding steroid dienone is 4. The third kappa shape index (κ3) is 3.14. The van der Waals surface area contributed by atoms with Gasteiger partial charge in [0.05, 0.1) is 16.6 Å². The first kappa shape index (κ1) is 24.6. The van der Waals surface area contributed by atoms with E-state index in [1.165, 1.54) is 86.6 Å². The summed E-state index contributed by atoms with van der Waals surface area (Å²) in [6.07, 6.45) is 9.03. The maximum Gasteiger partial charge on any atom is 0.235 e. The molecule has 1 atom stereocenters. The predicted molar refractivity (Wildman–Crippen MR) is 197 cm³/mol. The third-order valence-electron chi connectivity index (χ3n) is 9.98. The van der Waals surface area contributed by atoms with Crippen molar-refractivity contribution < 1.29 is 0 Å². The summed E-state index contributed by atoms with van der Waals surface area (Å²) in [4.78, 5) is 0. The van der Waals surface area contributed by atoms with Crippen LogP contribution in [0.1, 0.15) is 6.04 Å². The fraction of sp³-hybridized carbons (Fsp3) is 0.0238. The Labute approximate surface area is 268 Å². The molecule has 9 aromatic rings. The molecule has 4 heteroatoms. The Morgan fingerprint density at radius 2 is 1.33 bits per heavy atom. The molecular weight excluding hydrogens is 579 g/mol. The molecule has 3 aromatic heterocycles. The number of nitrogens with zero attached hydrogens (tertiary/aromatic N) is 3.